The Hall–Kier alpha value is -3.32. The number of nitrogens with one attached hydrogen (secondary N) is 1. The van der Waals surface area contributed by atoms with E-state index in [0.717, 1.165) is 39.6 Å². The zero-order chi connectivity index (χ0) is 18.2. The zero-order valence-corrected chi connectivity index (χ0v) is 15.4. The average Bonchev–Trinajstić information content (AvgIpc) is 3.38. The SMILES string of the molecule is CC(Nc1nc(-c2ccsc2)nc2ccccc12)c1nnc2ccccn12. The predicted octanol–water partition coefficient (Wildman–Crippen LogP) is 4.57. The van der Waals surface area contributed by atoms with Crippen LogP contribution in [0.5, 0.6) is 0 Å². The van der Waals surface area contributed by atoms with Gasteiger partial charge in [0.15, 0.2) is 17.3 Å². The normalized spacial score (nSPS) is 12.5. The molecule has 0 radical (unpaired) electrons. The average molecular weight is 372 g/mol. The lowest BCUT2D eigenvalue weighted by Crippen LogP contribution is -2.12. The summed E-state index contributed by atoms with van der Waals surface area (Å²) in [6.07, 6.45) is 1.97. The van der Waals surface area contributed by atoms with Crippen molar-refractivity contribution in [2.45, 2.75) is 13.0 Å². The van der Waals surface area contributed by atoms with Crippen LogP contribution in [0.4, 0.5) is 5.82 Å². The topological polar surface area (TPSA) is 68.0 Å². The maximum absolute atomic E-state index is 4.80. The summed E-state index contributed by atoms with van der Waals surface area (Å²) in [7, 11) is 0. The van der Waals surface area contributed by atoms with E-state index < -0.39 is 0 Å². The standard InChI is InChI=1S/C20H16N6S/c1-13(20-25-24-17-8-4-5-10-26(17)20)21-19-15-6-2-3-7-16(15)22-18(23-19)14-9-11-27-12-14/h2-13H,1H3,(H,21,22,23). The summed E-state index contributed by atoms with van der Waals surface area (Å²) < 4.78 is 1.99. The van der Waals surface area contributed by atoms with Crippen LogP contribution in [0.1, 0.15) is 18.8 Å². The van der Waals surface area contributed by atoms with Crippen molar-refractivity contribution in [1.82, 2.24) is 24.6 Å². The summed E-state index contributed by atoms with van der Waals surface area (Å²) in [4.78, 5) is 9.52. The van der Waals surface area contributed by atoms with Crippen molar-refractivity contribution in [3.8, 4) is 11.4 Å². The molecular formula is C20H16N6S. The number of fused-ring (bicyclic) bond motifs is 2. The van der Waals surface area contributed by atoms with Crippen molar-refractivity contribution in [3.05, 3.63) is 71.3 Å². The van der Waals surface area contributed by atoms with Gasteiger partial charge in [-0.1, -0.05) is 18.2 Å². The first-order valence-electron chi connectivity index (χ1n) is 8.65. The van der Waals surface area contributed by atoms with Gasteiger partial charge in [0.05, 0.1) is 11.6 Å². The van der Waals surface area contributed by atoms with E-state index in [2.05, 4.69) is 27.8 Å². The zero-order valence-electron chi connectivity index (χ0n) is 14.6. The number of nitrogens with zero attached hydrogens (tertiary/aromatic N) is 5. The molecule has 0 aliphatic carbocycles. The van der Waals surface area contributed by atoms with E-state index in [1.807, 2.05) is 64.5 Å². The summed E-state index contributed by atoms with van der Waals surface area (Å²) in [5.74, 6) is 2.35. The van der Waals surface area contributed by atoms with Gasteiger partial charge < -0.3 is 5.32 Å². The van der Waals surface area contributed by atoms with Crippen LogP contribution in [0.2, 0.25) is 0 Å². The van der Waals surface area contributed by atoms with E-state index in [4.69, 9.17) is 9.97 Å². The van der Waals surface area contributed by atoms with E-state index in [9.17, 15) is 0 Å². The van der Waals surface area contributed by atoms with Gasteiger partial charge in [-0.25, -0.2) is 9.97 Å². The Kier molecular flexibility index (Phi) is 3.79. The van der Waals surface area contributed by atoms with Crippen molar-refractivity contribution in [2.75, 3.05) is 5.32 Å². The van der Waals surface area contributed by atoms with E-state index >= 15 is 0 Å². The maximum Gasteiger partial charge on any atom is 0.162 e. The third-order valence-corrected chi connectivity index (χ3v) is 5.15. The number of hydrogen-bond donors (Lipinski definition) is 1. The largest absolute Gasteiger partial charge is 0.360 e. The number of aromatic nitrogens is 5. The minimum atomic E-state index is -0.0731. The molecule has 5 rings (SSSR count). The molecular weight excluding hydrogens is 356 g/mol. The number of hydrogen-bond acceptors (Lipinski definition) is 6. The molecule has 132 valence electrons. The van der Waals surface area contributed by atoms with Crippen molar-refractivity contribution >= 4 is 33.7 Å². The van der Waals surface area contributed by atoms with Crippen LogP contribution in [0.3, 0.4) is 0 Å². The van der Waals surface area contributed by atoms with Gasteiger partial charge >= 0.3 is 0 Å². The Morgan fingerprint density at radius 2 is 1.89 bits per heavy atom. The molecule has 27 heavy (non-hydrogen) atoms. The summed E-state index contributed by atoms with van der Waals surface area (Å²) in [5.41, 5.74) is 2.76. The van der Waals surface area contributed by atoms with Crippen LogP contribution in [0, 0.1) is 0 Å². The molecule has 4 heterocycles. The number of thiophene rings is 1. The molecule has 4 aromatic heterocycles. The molecule has 0 aliphatic rings. The molecule has 1 aromatic carbocycles. The molecule has 0 fully saturated rings. The smallest absolute Gasteiger partial charge is 0.162 e. The first kappa shape index (κ1) is 15.9. The Labute approximate surface area is 159 Å². The molecule has 1 unspecified atom stereocenters. The fraction of sp³-hybridized carbons (Fsp3) is 0.100. The number of anilines is 1. The number of benzene rings is 1. The first-order valence-corrected chi connectivity index (χ1v) is 9.59. The monoisotopic (exact) mass is 372 g/mol. The lowest BCUT2D eigenvalue weighted by Gasteiger charge is -2.15. The molecule has 6 nitrogen and oxygen atoms in total. The fourth-order valence-electron chi connectivity index (χ4n) is 3.13. The van der Waals surface area contributed by atoms with Gasteiger partial charge in [-0.3, -0.25) is 4.40 Å². The van der Waals surface area contributed by atoms with Crippen LogP contribution in [-0.4, -0.2) is 24.6 Å². The van der Waals surface area contributed by atoms with Crippen molar-refractivity contribution < 1.29 is 0 Å². The van der Waals surface area contributed by atoms with Gasteiger partial charge in [0.25, 0.3) is 0 Å². The van der Waals surface area contributed by atoms with Crippen LogP contribution in [0.25, 0.3) is 27.9 Å². The highest BCUT2D eigenvalue weighted by molar-refractivity contribution is 7.08. The second-order valence-corrected chi connectivity index (χ2v) is 7.06. The van der Waals surface area contributed by atoms with Gasteiger partial charge in [0.2, 0.25) is 0 Å². The van der Waals surface area contributed by atoms with Gasteiger partial charge in [0.1, 0.15) is 5.82 Å². The van der Waals surface area contributed by atoms with Crippen molar-refractivity contribution in [3.63, 3.8) is 0 Å². The molecule has 1 atom stereocenters. The van der Waals surface area contributed by atoms with Crippen LogP contribution < -0.4 is 5.32 Å². The molecule has 1 N–H and O–H groups in total. The number of para-hydroxylation sites is 1. The highest BCUT2D eigenvalue weighted by atomic mass is 32.1. The van der Waals surface area contributed by atoms with Crippen molar-refractivity contribution in [2.24, 2.45) is 0 Å². The van der Waals surface area contributed by atoms with E-state index in [0.29, 0.717) is 0 Å². The third-order valence-electron chi connectivity index (χ3n) is 4.46. The minimum Gasteiger partial charge on any atom is -0.360 e. The second-order valence-electron chi connectivity index (χ2n) is 6.28. The Morgan fingerprint density at radius 3 is 2.78 bits per heavy atom. The highest BCUT2D eigenvalue weighted by Crippen LogP contribution is 2.28. The minimum absolute atomic E-state index is 0.0731. The highest BCUT2D eigenvalue weighted by Gasteiger charge is 2.16. The molecule has 0 aliphatic heterocycles. The molecule has 0 saturated heterocycles. The van der Waals surface area contributed by atoms with E-state index in [-0.39, 0.29) is 6.04 Å². The Bertz CT molecular complexity index is 1230. The van der Waals surface area contributed by atoms with E-state index in [1.54, 1.807) is 11.3 Å². The third kappa shape index (κ3) is 2.82. The summed E-state index contributed by atoms with van der Waals surface area (Å²) >= 11 is 1.64. The molecule has 0 spiro atoms. The van der Waals surface area contributed by atoms with Gasteiger partial charge in [-0.05, 0) is 42.6 Å². The Morgan fingerprint density at radius 1 is 1.00 bits per heavy atom. The summed E-state index contributed by atoms with van der Waals surface area (Å²) in [5, 5.41) is 17.2. The first-order chi connectivity index (χ1) is 13.3. The molecule has 0 saturated carbocycles. The second kappa shape index (κ2) is 6.44. The predicted molar refractivity (Wildman–Crippen MR) is 108 cm³/mol. The Balaban J connectivity index is 1.59. The molecule has 5 aromatic rings. The summed E-state index contributed by atoms with van der Waals surface area (Å²) in [6.45, 7) is 2.06. The lowest BCUT2D eigenvalue weighted by atomic mass is 10.2. The molecule has 0 bridgehead atoms. The molecule has 7 heteroatoms. The van der Waals surface area contributed by atoms with Gasteiger partial charge in [-0.2, -0.15) is 11.3 Å². The van der Waals surface area contributed by atoms with Crippen LogP contribution >= 0.6 is 11.3 Å². The fourth-order valence-corrected chi connectivity index (χ4v) is 3.77. The number of rotatable bonds is 4. The van der Waals surface area contributed by atoms with Gasteiger partial charge in [0, 0.05) is 22.5 Å². The molecule has 0 amide bonds. The van der Waals surface area contributed by atoms with Crippen LogP contribution in [0.15, 0.2) is 65.5 Å². The van der Waals surface area contributed by atoms with Gasteiger partial charge in [-0.15, -0.1) is 10.2 Å². The quantitative estimate of drug-likeness (QED) is 0.500. The lowest BCUT2D eigenvalue weighted by molar-refractivity contribution is 0.769. The van der Waals surface area contributed by atoms with Crippen molar-refractivity contribution in [1.29, 1.82) is 0 Å². The summed E-state index contributed by atoms with van der Waals surface area (Å²) in [6, 6.07) is 15.9. The van der Waals surface area contributed by atoms with Crippen LogP contribution in [-0.2, 0) is 0 Å². The van der Waals surface area contributed by atoms with E-state index in [1.165, 1.54) is 0 Å². The number of pyridine rings is 1. The maximum atomic E-state index is 4.80.